The number of ether oxygens (including phenoxy) is 1. The maximum atomic E-state index is 11.9. The van der Waals surface area contributed by atoms with Crippen molar-refractivity contribution in [1.82, 2.24) is 4.90 Å². The van der Waals surface area contributed by atoms with Crippen molar-refractivity contribution in [3.8, 4) is 0 Å². The molecular formula is C29H35ClN2O3. The van der Waals surface area contributed by atoms with Gasteiger partial charge in [0.25, 0.3) is 0 Å². The van der Waals surface area contributed by atoms with Gasteiger partial charge in [0, 0.05) is 49.9 Å². The van der Waals surface area contributed by atoms with Gasteiger partial charge in [0.05, 0.1) is 12.2 Å². The lowest BCUT2D eigenvalue weighted by Crippen LogP contribution is -2.47. The summed E-state index contributed by atoms with van der Waals surface area (Å²) in [6.45, 7) is 9.20. The molecule has 186 valence electrons. The molecule has 1 unspecified atom stereocenters. The van der Waals surface area contributed by atoms with E-state index in [4.69, 9.17) is 16.3 Å². The lowest BCUT2D eigenvalue weighted by atomic mass is 9.70. The molecule has 0 N–H and O–H groups in total. The zero-order valence-corrected chi connectivity index (χ0v) is 21.5. The van der Waals surface area contributed by atoms with E-state index in [1.54, 1.807) is 0 Å². The molecule has 2 aromatic rings. The van der Waals surface area contributed by atoms with Crippen molar-refractivity contribution < 1.29 is 14.3 Å². The van der Waals surface area contributed by atoms with Gasteiger partial charge in [-0.2, -0.15) is 0 Å². The molecule has 1 heterocycles. The van der Waals surface area contributed by atoms with Crippen molar-refractivity contribution in [2.75, 3.05) is 44.2 Å². The second-order valence-electron chi connectivity index (χ2n) is 9.98. The Morgan fingerprint density at radius 3 is 2.37 bits per heavy atom. The Morgan fingerprint density at radius 2 is 1.74 bits per heavy atom. The molecule has 35 heavy (non-hydrogen) atoms. The number of allylic oxidation sites excluding steroid dienone is 1. The van der Waals surface area contributed by atoms with Gasteiger partial charge < -0.3 is 14.4 Å². The summed E-state index contributed by atoms with van der Waals surface area (Å²) in [5.74, 6) is -0.275. The van der Waals surface area contributed by atoms with Crippen molar-refractivity contribution in [2.45, 2.75) is 39.5 Å². The monoisotopic (exact) mass is 494 g/mol. The molecule has 0 bridgehead atoms. The zero-order valence-electron chi connectivity index (χ0n) is 20.8. The van der Waals surface area contributed by atoms with Crippen LogP contribution >= 0.6 is 11.6 Å². The van der Waals surface area contributed by atoms with E-state index < -0.39 is 0 Å². The first kappa shape index (κ1) is 25.5. The third kappa shape index (κ3) is 6.33. The van der Waals surface area contributed by atoms with Crippen LogP contribution in [0.2, 0.25) is 5.02 Å². The number of anilines is 1. The van der Waals surface area contributed by atoms with E-state index in [9.17, 15) is 9.59 Å². The molecule has 1 saturated heterocycles. The predicted molar refractivity (Wildman–Crippen MR) is 142 cm³/mol. The first-order chi connectivity index (χ1) is 16.9. The van der Waals surface area contributed by atoms with Crippen LogP contribution in [0.15, 0.2) is 54.1 Å². The van der Waals surface area contributed by atoms with Crippen LogP contribution in [0.4, 0.5) is 5.69 Å². The minimum Gasteiger partial charge on any atom is -0.462 e. The maximum absolute atomic E-state index is 11.9. The third-order valence-electron chi connectivity index (χ3n) is 7.34. The highest BCUT2D eigenvalue weighted by atomic mass is 35.5. The van der Waals surface area contributed by atoms with E-state index in [0.29, 0.717) is 18.6 Å². The average Bonchev–Trinajstić information content (AvgIpc) is 2.86. The summed E-state index contributed by atoms with van der Waals surface area (Å²) in [7, 11) is 0. The summed E-state index contributed by atoms with van der Waals surface area (Å²) in [5, 5.41) is 0.754. The molecule has 0 spiro atoms. The molecule has 0 saturated carbocycles. The average molecular weight is 495 g/mol. The normalized spacial score (nSPS) is 21.2. The molecule has 5 nitrogen and oxygen atoms in total. The van der Waals surface area contributed by atoms with Crippen LogP contribution in [0, 0.1) is 5.41 Å². The molecule has 2 aliphatic rings. The number of rotatable bonds is 8. The second-order valence-corrected chi connectivity index (χ2v) is 10.4. The minimum absolute atomic E-state index is 0.0372. The number of carbonyl (C=O) groups excluding carboxylic acids is 2. The summed E-state index contributed by atoms with van der Waals surface area (Å²) in [6, 6.07) is 15.9. The molecule has 1 aliphatic heterocycles. The number of aldehydes is 1. The van der Waals surface area contributed by atoms with Gasteiger partial charge in [0.1, 0.15) is 6.29 Å². The van der Waals surface area contributed by atoms with E-state index in [-0.39, 0.29) is 11.4 Å². The number of benzene rings is 2. The zero-order chi connectivity index (χ0) is 24.8. The number of hydrogen-bond acceptors (Lipinski definition) is 5. The minimum atomic E-state index is -0.275. The molecule has 1 atom stereocenters. The molecule has 1 fully saturated rings. The standard InChI is InChI=1S/C29H35ClN2O3/c1-3-35-28(34)23-6-10-26(11-7-23)32-17-15-31(16-18-32)21-24-20-29(2,14-19-33)13-12-27(24)22-4-8-25(30)9-5-22/h4-11,19H,3,12-18,20-21H2,1-2H3. The second kappa shape index (κ2) is 11.4. The van der Waals surface area contributed by atoms with Crippen molar-refractivity contribution in [3.05, 3.63) is 70.3 Å². The topological polar surface area (TPSA) is 49.9 Å². The van der Waals surface area contributed by atoms with Crippen molar-refractivity contribution in [3.63, 3.8) is 0 Å². The first-order valence-electron chi connectivity index (χ1n) is 12.6. The van der Waals surface area contributed by atoms with Gasteiger partial charge in [-0.05, 0) is 79.1 Å². The summed E-state index contributed by atoms with van der Waals surface area (Å²) in [4.78, 5) is 28.2. The van der Waals surface area contributed by atoms with Crippen LogP contribution in [0.5, 0.6) is 0 Å². The smallest absolute Gasteiger partial charge is 0.338 e. The van der Waals surface area contributed by atoms with Gasteiger partial charge in [-0.25, -0.2) is 4.79 Å². The van der Waals surface area contributed by atoms with Crippen molar-refractivity contribution in [2.24, 2.45) is 5.41 Å². The number of piperazine rings is 1. The Bertz CT molecular complexity index is 1060. The number of nitrogens with zero attached hydrogens (tertiary/aromatic N) is 2. The van der Waals surface area contributed by atoms with Gasteiger partial charge in [-0.15, -0.1) is 0 Å². The van der Waals surface area contributed by atoms with Crippen LogP contribution in [-0.4, -0.2) is 56.5 Å². The van der Waals surface area contributed by atoms with Crippen LogP contribution in [0.3, 0.4) is 0 Å². The fourth-order valence-electron chi connectivity index (χ4n) is 5.30. The van der Waals surface area contributed by atoms with Gasteiger partial charge in [0.15, 0.2) is 0 Å². The van der Waals surface area contributed by atoms with E-state index in [1.807, 2.05) is 43.3 Å². The third-order valence-corrected chi connectivity index (χ3v) is 7.60. The fraction of sp³-hybridized carbons (Fsp3) is 0.448. The molecule has 6 heteroatoms. The van der Waals surface area contributed by atoms with Crippen LogP contribution in [-0.2, 0) is 9.53 Å². The lowest BCUT2D eigenvalue weighted by molar-refractivity contribution is -0.109. The SMILES string of the molecule is CCOC(=O)c1ccc(N2CCN(CC3=C(c4ccc(Cl)cc4)CCC(C)(CC=O)C3)CC2)cc1. The van der Waals surface area contributed by atoms with Gasteiger partial charge >= 0.3 is 5.97 Å². The molecule has 0 amide bonds. The summed E-state index contributed by atoms with van der Waals surface area (Å²) in [6.07, 6.45) is 4.67. The van der Waals surface area contributed by atoms with Crippen LogP contribution in [0.25, 0.3) is 5.57 Å². The maximum Gasteiger partial charge on any atom is 0.338 e. The quantitative estimate of drug-likeness (QED) is 0.339. The van der Waals surface area contributed by atoms with E-state index >= 15 is 0 Å². The number of hydrogen-bond donors (Lipinski definition) is 0. The number of carbonyl (C=O) groups is 2. The highest BCUT2D eigenvalue weighted by Crippen LogP contribution is 2.44. The first-order valence-corrected chi connectivity index (χ1v) is 12.9. The predicted octanol–water partition coefficient (Wildman–Crippen LogP) is 5.87. The molecule has 4 rings (SSSR count). The Morgan fingerprint density at radius 1 is 1.06 bits per heavy atom. The summed E-state index contributed by atoms with van der Waals surface area (Å²) in [5.41, 5.74) is 5.88. The molecule has 0 aromatic heterocycles. The highest BCUT2D eigenvalue weighted by molar-refractivity contribution is 6.30. The molecular weight excluding hydrogens is 460 g/mol. The molecule has 1 aliphatic carbocycles. The molecule has 2 aromatic carbocycles. The Balaban J connectivity index is 1.44. The van der Waals surface area contributed by atoms with Crippen LogP contribution < -0.4 is 4.90 Å². The lowest BCUT2D eigenvalue weighted by Gasteiger charge is -2.40. The van der Waals surface area contributed by atoms with Gasteiger partial charge in [0.2, 0.25) is 0 Å². The van der Waals surface area contributed by atoms with E-state index in [0.717, 1.165) is 69.0 Å². The fourth-order valence-corrected chi connectivity index (χ4v) is 5.42. The Hall–Kier alpha value is -2.63. The Labute approximate surface area is 213 Å². The number of esters is 1. The van der Waals surface area contributed by atoms with E-state index in [2.05, 4.69) is 28.9 Å². The highest BCUT2D eigenvalue weighted by Gasteiger charge is 2.32. The Kier molecular flexibility index (Phi) is 8.30. The largest absolute Gasteiger partial charge is 0.462 e. The summed E-state index contributed by atoms with van der Waals surface area (Å²) >= 11 is 6.14. The van der Waals surface area contributed by atoms with E-state index in [1.165, 1.54) is 16.7 Å². The van der Waals surface area contributed by atoms with Crippen LogP contribution in [0.1, 0.15) is 55.5 Å². The van der Waals surface area contributed by atoms with Gasteiger partial charge in [-0.1, -0.05) is 36.2 Å². The molecule has 0 radical (unpaired) electrons. The van der Waals surface area contributed by atoms with Crippen molar-refractivity contribution in [1.29, 1.82) is 0 Å². The van der Waals surface area contributed by atoms with Gasteiger partial charge in [-0.3, -0.25) is 4.90 Å². The summed E-state index contributed by atoms with van der Waals surface area (Å²) < 4.78 is 5.09. The number of halogens is 1. The van der Waals surface area contributed by atoms with Crippen molar-refractivity contribution >= 4 is 35.1 Å².